The van der Waals surface area contributed by atoms with Gasteiger partial charge in [-0.1, -0.05) is 6.58 Å². The van der Waals surface area contributed by atoms with Crippen LogP contribution in [-0.4, -0.2) is 34.3 Å². The highest BCUT2D eigenvalue weighted by atomic mass is 19.5. The minimum Gasteiger partial charge on any atom is -0.463 e. The number of hydrogen-bond acceptors (Lipinski definition) is 2. The van der Waals surface area contributed by atoms with Gasteiger partial charge in [-0.25, -0.2) is 4.79 Å². The summed E-state index contributed by atoms with van der Waals surface area (Å²) >= 11 is 0. The highest BCUT2D eigenvalue weighted by Crippen LogP contribution is 2.07. The van der Waals surface area contributed by atoms with Gasteiger partial charge in [0.05, 0.1) is 6.61 Å². The average Bonchev–Trinajstić information content (AvgIpc) is 2.09. The summed E-state index contributed by atoms with van der Waals surface area (Å²) in [6.07, 6.45) is 1.14. The van der Waals surface area contributed by atoms with Crippen molar-refractivity contribution in [1.82, 2.24) is 0 Å². The Balaban J connectivity index is -0.0000000995. The molecule has 17 heteroatoms. The van der Waals surface area contributed by atoms with Crippen LogP contribution in [0, 0.1) is 0 Å². The van der Waals surface area contributed by atoms with Crippen LogP contribution in [0.1, 0.15) is 6.92 Å². The molecule has 22 heavy (non-hydrogen) atoms. The van der Waals surface area contributed by atoms with Crippen molar-refractivity contribution in [1.29, 1.82) is 0 Å². The van der Waals surface area contributed by atoms with Crippen molar-refractivity contribution in [3.8, 4) is 0 Å². The molecule has 0 heterocycles. The van der Waals surface area contributed by atoms with Gasteiger partial charge in [0.1, 0.15) is 0 Å². The molecule has 2 nitrogen and oxygen atoms in total. The average molecular weight is 361 g/mol. The second kappa shape index (κ2) is 13.2. The maximum Gasteiger partial charge on any atom is 0.673 e. The molecule has 0 rings (SSSR count). The number of carbonyl (C=O) groups excluding carboxylic acids is 1. The SMILES string of the molecule is C=CC(=O)OCC.F[B-](F)(F)F.F[B-](F)(F)F.F[B-](F)(F)F. The van der Waals surface area contributed by atoms with E-state index in [0.29, 0.717) is 6.61 Å². The lowest BCUT2D eigenvalue weighted by Crippen LogP contribution is -2.02. The summed E-state index contributed by atoms with van der Waals surface area (Å²) in [7, 11) is -18.0. The Bertz CT molecular complexity index is 237. The maximum absolute atomic E-state index is 10.1. The third-order valence-electron chi connectivity index (χ3n) is 0.453. The molecule has 0 aromatic carbocycles. The number of hydrogen-bond donors (Lipinski definition) is 0. The molecule has 0 atom stereocenters. The van der Waals surface area contributed by atoms with Crippen molar-refractivity contribution in [2.24, 2.45) is 0 Å². The summed E-state index contributed by atoms with van der Waals surface area (Å²) < 4.78 is 121. The Labute approximate surface area is 116 Å². The maximum atomic E-state index is 10.1. The van der Waals surface area contributed by atoms with E-state index in [1.165, 1.54) is 0 Å². The first-order valence-electron chi connectivity index (χ1n) is 4.72. The topological polar surface area (TPSA) is 26.3 Å². The quantitative estimate of drug-likeness (QED) is 0.310. The number of esters is 1. The van der Waals surface area contributed by atoms with Crippen molar-refractivity contribution in [2.75, 3.05) is 6.61 Å². The van der Waals surface area contributed by atoms with E-state index in [-0.39, 0.29) is 5.97 Å². The Morgan fingerprint density at radius 3 is 1.05 bits per heavy atom. The van der Waals surface area contributed by atoms with E-state index in [2.05, 4.69) is 11.3 Å². The lowest BCUT2D eigenvalue weighted by atomic mass is 10.3. The van der Waals surface area contributed by atoms with Gasteiger partial charge in [0.25, 0.3) is 0 Å². The van der Waals surface area contributed by atoms with Gasteiger partial charge in [-0.2, -0.15) is 0 Å². The fourth-order valence-corrected chi connectivity index (χ4v) is 0.201. The van der Waals surface area contributed by atoms with Crippen molar-refractivity contribution in [2.45, 2.75) is 6.92 Å². The zero-order valence-electron chi connectivity index (χ0n) is 10.6. The monoisotopic (exact) mass is 361 g/mol. The molecule has 0 bridgehead atoms. The summed E-state index contributed by atoms with van der Waals surface area (Å²) in [5, 5.41) is 0. The first-order chi connectivity index (χ1) is 9.31. The fraction of sp³-hybridized carbons (Fsp3) is 0.400. The standard InChI is InChI=1S/C5H8O2.3BF4/c1-3-5(6)7-4-2;3*2-1(3,4)5/h3H,1,4H2,2H3;;;/q;3*-1. The van der Waals surface area contributed by atoms with Crippen LogP contribution in [0.4, 0.5) is 51.8 Å². The smallest absolute Gasteiger partial charge is 0.463 e. The number of carbonyl (C=O) groups is 1. The molecule has 136 valence electrons. The van der Waals surface area contributed by atoms with E-state index in [9.17, 15) is 56.6 Å². The highest BCUT2D eigenvalue weighted by Gasteiger charge is 2.21. The van der Waals surface area contributed by atoms with Gasteiger partial charge in [0.15, 0.2) is 0 Å². The van der Waals surface area contributed by atoms with E-state index in [4.69, 9.17) is 0 Å². The molecule has 0 saturated carbocycles. The predicted molar refractivity (Wildman–Crippen MR) is 57.4 cm³/mol. The Kier molecular flexibility index (Phi) is 17.3. The van der Waals surface area contributed by atoms with Gasteiger partial charge in [-0.05, 0) is 6.92 Å². The van der Waals surface area contributed by atoms with Gasteiger partial charge in [0, 0.05) is 6.08 Å². The van der Waals surface area contributed by atoms with Gasteiger partial charge < -0.3 is 56.5 Å². The molecule has 0 saturated heterocycles. The molecule has 0 aliphatic carbocycles. The summed E-state index contributed by atoms with van der Waals surface area (Å²) in [6, 6.07) is 0. The molecule has 0 spiro atoms. The van der Waals surface area contributed by atoms with Crippen molar-refractivity contribution < 1.29 is 61.3 Å². The normalized spacial score (nSPS) is 10.6. The van der Waals surface area contributed by atoms with Crippen LogP contribution < -0.4 is 0 Å². The summed E-state index contributed by atoms with van der Waals surface area (Å²) in [5.41, 5.74) is 0. The van der Waals surface area contributed by atoms with Crippen LogP contribution in [0.5, 0.6) is 0 Å². The van der Waals surface area contributed by atoms with Crippen LogP contribution in [0.3, 0.4) is 0 Å². The molecule has 0 amide bonds. The van der Waals surface area contributed by atoms with Crippen molar-refractivity contribution >= 4 is 27.7 Å². The highest BCUT2D eigenvalue weighted by molar-refractivity contribution is 6.50. The van der Waals surface area contributed by atoms with Gasteiger partial charge >= 0.3 is 27.7 Å². The Morgan fingerprint density at radius 2 is 1.00 bits per heavy atom. The minimum absolute atomic E-state index is 0.359. The van der Waals surface area contributed by atoms with Gasteiger partial charge in [-0.3, -0.25) is 0 Å². The Hall–Kier alpha value is -1.44. The number of rotatable bonds is 2. The lowest BCUT2D eigenvalue weighted by Gasteiger charge is -1.94. The molecule has 0 radical (unpaired) electrons. The van der Waals surface area contributed by atoms with E-state index in [1.807, 2.05) is 0 Å². The largest absolute Gasteiger partial charge is 0.673 e. The second-order valence-corrected chi connectivity index (χ2v) is 2.44. The molecule has 0 aliphatic heterocycles. The summed E-state index contributed by atoms with van der Waals surface area (Å²) in [5.74, 6) is -0.359. The first-order valence-corrected chi connectivity index (χ1v) is 4.72. The van der Waals surface area contributed by atoms with Crippen LogP contribution >= 0.6 is 0 Å². The third-order valence-corrected chi connectivity index (χ3v) is 0.453. The van der Waals surface area contributed by atoms with Gasteiger partial charge in [-0.15, -0.1) is 0 Å². The fourth-order valence-electron chi connectivity index (χ4n) is 0.201. The first kappa shape index (κ1) is 28.7. The van der Waals surface area contributed by atoms with Crippen LogP contribution in [0.15, 0.2) is 12.7 Å². The molecule has 0 N–H and O–H groups in total. The summed E-state index contributed by atoms with van der Waals surface area (Å²) in [6.45, 7) is 5.38. The molecule has 0 aromatic rings. The Morgan fingerprint density at radius 1 is 0.818 bits per heavy atom. The number of halogens is 12. The van der Waals surface area contributed by atoms with Crippen molar-refractivity contribution in [3.05, 3.63) is 12.7 Å². The predicted octanol–water partition coefficient (Wildman–Crippen LogP) is 4.64. The third kappa shape index (κ3) is 451. The van der Waals surface area contributed by atoms with Gasteiger partial charge in [0.2, 0.25) is 0 Å². The van der Waals surface area contributed by atoms with E-state index in [1.54, 1.807) is 6.92 Å². The van der Waals surface area contributed by atoms with Crippen LogP contribution in [0.25, 0.3) is 0 Å². The molecule has 0 aromatic heterocycles. The second-order valence-electron chi connectivity index (χ2n) is 2.44. The lowest BCUT2D eigenvalue weighted by molar-refractivity contribution is -0.137. The van der Waals surface area contributed by atoms with E-state index >= 15 is 0 Å². The molecule has 0 fully saturated rings. The minimum atomic E-state index is -6.00. The van der Waals surface area contributed by atoms with Crippen molar-refractivity contribution in [3.63, 3.8) is 0 Å². The zero-order valence-corrected chi connectivity index (χ0v) is 10.6. The molecule has 0 unspecified atom stereocenters. The molecule has 0 aliphatic rings. The van der Waals surface area contributed by atoms with E-state index < -0.39 is 21.8 Å². The zero-order chi connectivity index (χ0) is 19.2. The summed E-state index contributed by atoms with van der Waals surface area (Å²) in [4.78, 5) is 10.1. The van der Waals surface area contributed by atoms with E-state index in [0.717, 1.165) is 6.08 Å². The molecular weight excluding hydrogens is 352 g/mol. The number of ether oxygens (including phenoxy) is 1. The van der Waals surface area contributed by atoms with Crippen LogP contribution in [-0.2, 0) is 9.53 Å². The van der Waals surface area contributed by atoms with Crippen LogP contribution in [0.2, 0.25) is 0 Å². The molecular formula is C5H8B3F12O2-3.